The number of aliphatic imine (C=N–C) groups is 1. The highest BCUT2D eigenvalue weighted by Crippen LogP contribution is 2.03. The van der Waals surface area contributed by atoms with Crippen LogP contribution in [0.25, 0.3) is 0 Å². The van der Waals surface area contributed by atoms with E-state index >= 15 is 0 Å². The van der Waals surface area contributed by atoms with Gasteiger partial charge in [-0.15, -0.1) is 0 Å². The number of benzene rings is 1. The zero-order chi connectivity index (χ0) is 9.64. The molecule has 14 heavy (non-hydrogen) atoms. The summed E-state index contributed by atoms with van der Waals surface area (Å²) in [5, 5.41) is 3.33. The van der Waals surface area contributed by atoms with Gasteiger partial charge >= 0.3 is 0 Å². The maximum atomic E-state index is 4.44. The van der Waals surface area contributed by atoms with E-state index in [0.29, 0.717) is 0 Å². The van der Waals surface area contributed by atoms with Crippen molar-refractivity contribution in [3.05, 3.63) is 35.9 Å². The largest absolute Gasteiger partial charge is 0.374 e. The van der Waals surface area contributed by atoms with Crippen LogP contribution in [-0.4, -0.2) is 18.9 Å². The summed E-state index contributed by atoms with van der Waals surface area (Å²) >= 11 is 0. The fraction of sp³-hybridized carbons (Fsp3) is 0.417. The molecule has 0 aliphatic carbocycles. The molecule has 0 amide bonds. The second kappa shape index (κ2) is 4.80. The van der Waals surface area contributed by atoms with Gasteiger partial charge in [-0.05, 0) is 24.5 Å². The van der Waals surface area contributed by atoms with Gasteiger partial charge in [0.25, 0.3) is 0 Å². The predicted molar refractivity (Wildman–Crippen MR) is 58.5 cm³/mol. The minimum absolute atomic E-state index is 0.991. The lowest BCUT2D eigenvalue weighted by Gasteiger charge is -2.14. The molecule has 1 aromatic rings. The third-order valence-corrected chi connectivity index (χ3v) is 2.40. The number of hydrogen-bond donors (Lipinski definition) is 1. The highest BCUT2D eigenvalue weighted by Gasteiger charge is 2.03. The van der Waals surface area contributed by atoms with Crippen LogP contribution in [0.4, 0.5) is 0 Å². The van der Waals surface area contributed by atoms with Gasteiger partial charge in [0.15, 0.2) is 0 Å². The van der Waals surface area contributed by atoms with Crippen molar-refractivity contribution in [2.24, 2.45) is 4.99 Å². The highest BCUT2D eigenvalue weighted by molar-refractivity contribution is 5.82. The van der Waals surface area contributed by atoms with E-state index in [1.807, 2.05) is 12.1 Å². The van der Waals surface area contributed by atoms with Gasteiger partial charge in [-0.2, -0.15) is 0 Å². The van der Waals surface area contributed by atoms with Gasteiger partial charge in [0, 0.05) is 19.5 Å². The van der Waals surface area contributed by atoms with Crippen LogP contribution in [0.15, 0.2) is 29.3 Å². The van der Waals surface area contributed by atoms with E-state index in [1.165, 1.54) is 17.8 Å². The Morgan fingerprint density at radius 3 is 2.86 bits per heavy atom. The van der Waals surface area contributed by atoms with E-state index in [1.54, 1.807) is 0 Å². The van der Waals surface area contributed by atoms with Gasteiger partial charge < -0.3 is 5.32 Å². The zero-order valence-corrected chi connectivity index (χ0v) is 8.29. The summed E-state index contributed by atoms with van der Waals surface area (Å²) < 4.78 is 0. The first kappa shape index (κ1) is 9.25. The van der Waals surface area contributed by atoms with Crippen molar-refractivity contribution in [1.29, 1.82) is 0 Å². The Morgan fingerprint density at radius 1 is 1.29 bits per heavy atom. The van der Waals surface area contributed by atoms with E-state index < -0.39 is 0 Å². The molecule has 0 saturated carbocycles. The van der Waals surface area contributed by atoms with Gasteiger partial charge in [0.2, 0.25) is 0 Å². The lowest BCUT2D eigenvalue weighted by atomic mass is 10.1. The van der Waals surface area contributed by atoms with Gasteiger partial charge in [-0.1, -0.05) is 24.3 Å². The van der Waals surface area contributed by atoms with Crippen molar-refractivity contribution >= 4 is 5.84 Å². The van der Waals surface area contributed by atoms with Crippen LogP contribution < -0.4 is 5.32 Å². The molecule has 0 spiro atoms. The highest BCUT2D eigenvalue weighted by atomic mass is 15.0. The minimum atomic E-state index is 0.991. The summed E-state index contributed by atoms with van der Waals surface area (Å²) in [6.07, 6.45) is 3.27. The molecule has 0 unspecified atom stereocenters. The molecule has 0 fully saturated rings. The molecule has 1 heterocycles. The van der Waals surface area contributed by atoms with Crippen molar-refractivity contribution in [1.82, 2.24) is 5.32 Å². The maximum absolute atomic E-state index is 4.44. The van der Waals surface area contributed by atoms with Gasteiger partial charge in [0.1, 0.15) is 0 Å². The number of hydrogen-bond acceptors (Lipinski definition) is 2. The second-order valence-corrected chi connectivity index (χ2v) is 3.52. The Balaban J connectivity index is 1.85. The lowest BCUT2D eigenvalue weighted by Crippen LogP contribution is -2.29. The number of amidine groups is 1. The molecular weight excluding hydrogens is 172 g/mol. The topological polar surface area (TPSA) is 24.4 Å². The van der Waals surface area contributed by atoms with E-state index in [4.69, 9.17) is 0 Å². The standard InChI is InChI=1S/C12H15N2/c1-2-5-11(6-3-1)7-8-12-13-9-4-10-14-12/h2-3,5-6H,4,7-10H2,(H,13,14). The van der Waals surface area contributed by atoms with Crippen LogP contribution in [0.1, 0.15) is 18.4 Å². The van der Waals surface area contributed by atoms with Crippen LogP contribution in [0, 0.1) is 6.07 Å². The first-order chi connectivity index (χ1) is 6.95. The number of nitrogens with zero attached hydrogens (tertiary/aromatic N) is 1. The first-order valence-corrected chi connectivity index (χ1v) is 5.17. The monoisotopic (exact) mass is 187 g/mol. The molecule has 1 aliphatic rings. The second-order valence-electron chi connectivity index (χ2n) is 3.52. The molecule has 0 aromatic heterocycles. The third-order valence-electron chi connectivity index (χ3n) is 2.40. The Morgan fingerprint density at radius 2 is 2.14 bits per heavy atom. The molecule has 0 bridgehead atoms. The van der Waals surface area contributed by atoms with Crippen LogP contribution in [0.5, 0.6) is 0 Å². The molecule has 1 aromatic carbocycles. The lowest BCUT2D eigenvalue weighted by molar-refractivity contribution is 0.722. The number of aryl methyl sites for hydroxylation is 1. The van der Waals surface area contributed by atoms with Gasteiger partial charge in [0.05, 0.1) is 5.84 Å². The Bertz CT molecular complexity index is 303. The molecule has 0 atom stereocenters. The van der Waals surface area contributed by atoms with Crippen molar-refractivity contribution in [2.75, 3.05) is 13.1 Å². The maximum Gasteiger partial charge on any atom is 0.0966 e. The van der Waals surface area contributed by atoms with E-state index in [0.717, 1.165) is 25.9 Å². The average molecular weight is 187 g/mol. The van der Waals surface area contributed by atoms with Crippen LogP contribution >= 0.6 is 0 Å². The zero-order valence-electron chi connectivity index (χ0n) is 8.29. The minimum Gasteiger partial charge on any atom is -0.374 e. The van der Waals surface area contributed by atoms with Crippen molar-refractivity contribution in [3.63, 3.8) is 0 Å². The average Bonchev–Trinajstić information content (AvgIpc) is 2.29. The van der Waals surface area contributed by atoms with Crippen molar-refractivity contribution in [3.8, 4) is 0 Å². The van der Waals surface area contributed by atoms with Gasteiger partial charge in [-0.25, -0.2) is 0 Å². The summed E-state index contributed by atoms with van der Waals surface area (Å²) in [5.41, 5.74) is 1.36. The summed E-state index contributed by atoms with van der Waals surface area (Å²) in [5.74, 6) is 1.17. The summed E-state index contributed by atoms with van der Waals surface area (Å²) in [6.45, 7) is 2.08. The Kier molecular flexibility index (Phi) is 3.17. The van der Waals surface area contributed by atoms with Crippen LogP contribution in [0.2, 0.25) is 0 Å². The number of nitrogens with one attached hydrogen (secondary N) is 1. The number of rotatable bonds is 3. The Labute approximate surface area is 85.1 Å². The molecule has 1 radical (unpaired) electrons. The quantitative estimate of drug-likeness (QED) is 0.766. The molecule has 1 aliphatic heterocycles. The molecule has 2 heteroatoms. The normalized spacial score (nSPS) is 15.9. The summed E-state index contributed by atoms with van der Waals surface area (Å²) in [6, 6.07) is 11.2. The molecule has 2 rings (SSSR count). The van der Waals surface area contributed by atoms with Crippen molar-refractivity contribution < 1.29 is 0 Å². The molecule has 2 nitrogen and oxygen atoms in total. The summed E-state index contributed by atoms with van der Waals surface area (Å²) in [7, 11) is 0. The van der Waals surface area contributed by atoms with Crippen LogP contribution in [-0.2, 0) is 6.42 Å². The van der Waals surface area contributed by atoms with E-state index in [2.05, 4.69) is 28.5 Å². The Hall–Kier alpha value is -1.31. The van der Waals surface area contributed by atoms with Gasteiger partial charge in [-0.3, -0.25) is 4.99 Å². The van der Waals surface area contributed by atoms with Crippen LogP contribution in [0.3, 0.4) is 0 Å². The van der Waals surface area contributed by atoms with E-state index in [-0.39, 0.29) is 0 Å². The third kappa shape index (κ3) is 2.59. The van der Waals surface area contributed by atoms with E-state index in [9.17, 15) is 0 Å². The molecule has 1 N–H and O–H groups in total. The molecular formula is C12H15N2. The fourth-order valence-corrected chi connectivity index (χ4v) is 1.60. The SMILES string of the molecule is [c]1ccc(CCC2=NCCCN2)cc1. The molecule has 73 valence electrons. The molecule has 0 saturated heterocycles. The fourth-order valence-electron chi connectivity index (χ4n) is 1.60. The van der Waals surface area contributed by atoms with Crippen molar-refractivity contribution in [2.45, 2.75) is 19.3 Å². The summed E-state index contributed by atoms with van der Waals surface area (Å²) in [4.78, 5) is 4.44. The smallest absolute Gasteiger partial charge is 0.0966 e. The predicted octanol–water partition coefficient (Wildman–Crippen LogP) is 1.81. The first-order valence-electron chi connectivity index (χ1n) is 5.17.